The van der Waals surface area contributed by atoms with Crippen molar-refractivity contribution in [1.82, 2.24) is 5.32 Å². The average Bonchev–Trinajstić information content (AvgIpc) is 2.94. The molecule has 42 heavy (non-hydrogen) atoms. The molecule has 0 bridgehead atoms. The molecule has 0 saturated heterocycles. The number of ether oxygens (including phenoxy) is 1. The van der Waals surface area contributed by atoms with Gasteiger partial charge in [0, 0.05) is 30.3 Å². The van der Waals surface area contributed by atoms with Gasteiger partial charge in [-0.1, -0.05) is 31.4 Å². The van der Waals surface area contributed by atoms with Crippen molar-refractivity contribution in [1.29, 1.82) is 0 Å². The summed E-state index contributed by atoms with van der Waals surface area (Å²) in [5.41, 5.74) is 1.06. The Morgan fingerprint density at radius 2 is 1.62 bits per heavy atom. The van der Waals surface area contributed by atoms with Crippen LogP contribution in [0.4, 0.5) is 0 Å². The largest absolute Gasteiger partial charge is 0.508 e. The number of carbonyl (C=O) groups excluding carboxylic acids is 1. The van der Waals surface area contributed by atoms with Crippen LogP contribution in [0.1, 0.15) is 43.2 Å². The van der Waals surface area contributed by atoms with E-state index in [1.54, 1.807) is 25.1 Å². The number of phenolic OH excluding ortho intramolecular Hbond substituents is 5. The number of aromatic hydroxyl groups is 5. The number of hydrogen-bond donors (Lipinski definition) is 6. The SMILES string of the molecule is Cc1ccc(/C=C/C(=O)NCCCCCCCOc2c(-c3ccc(O)c(O)c3)oc3cc(O)cc(O)c3c2=O)cc1O. The average molecular weight is 576 g/mol. The Bertz CT molecular complexity index is 1670. The molecule has 0 fully saturated rings. The van der Waals surface area contributed by atoms with Gasteiger partial charge in [-0.2, -0.15) is 0 Å². The van der Waals surface area contributed by atoms with E-state index >= 15 is 0 Å². The molecule has 3 aromatic carbocycles. The summed E-state index contributed by atoms with van der Waals surface area (Å²) in [5.74, 6) is -1.73. The van der Waals surface area contributed by atoms with Gasteiger partial charge in [0.2, 0.25) is 17.1 Å². The molecule has 0 aliphatic carbocycles. The summed E-state index contributed by atoms with van der Waals surface area (Å²) in [7, 11) is 0. The van der Waals surface area contributed by atoms with Crippen LogP contribution in [-0.2, 0) is 4.79 Å². The van der Waals surface area contributed by atoms with E-state index in [1.165, 1.54) is 30.3 Å². The predicted octanol–water partition coefficient (Wildman–Crippen LogP) is 5.46. The molecule has 1 amide bonds. The summed E-state index contributed by atoms with van der Waals surface area (Å²) in [6, 6.07) is 11.3. The first-order chi connectivity index (χ1) is 20.1. The van der Waals surface area contributed by atoms with Crippen molar-refractivity contribution in [2.24, 2.45) is 0 Å². The van der Waals surface area contributed by atoms with E-state index in [9.17, 15) is 35.1 Å². The molecule has 0 radical (unpaired) electrons. The number of benzene rings is 3. The second-order valence-corrected chi connectivity index (χ2v) is 9.92. The third kappa shape index (κ3) is 7.34. The van der Waals surface area contributed by atoms with Crippen LogP contribution in [0.5, 0.6) is 34.5 Å². The summed E-state index contributed by atoms with van der Waals surface area (Å²) >= 11 is 0. The molecule has 0 unspecified atom stereocenters. The number of hydrogen-bond acceptors (Lipinski definition) is 9. The minimum Gasteiger partial charge on any atom is -0.508 e. The molecule has 220 valence electrons. The van der Waals surface area contributed by atoms with Crippen LogP contribution in [0.2, 0.25) is 0 Å². The molecule has 1 heterocycles. The van der Waals surface area contributed by atoms with Crippen LogP contribution in [0.3, 0.4) is 0 Å². The fraction of sp³-hybridized carbons (Fsp3) is 0.250. The van der Waals surface area contributed by atoms with Gasteiger partial charge < -0.3 is 40.0 Å². The van der Waals surface area contributed by atoms with Crippen molar-refractivity contribution in [2.45, 2.75) is 39.0 Å². The van der Waals surface area contributed by atoms with E-state index in [4.69, 9.17) is 9.15 Å². The highest BCUT2D eigenvalue weighted by Crippen LogP contribution is 2.38. The van der Waals surface area contributed by atoms with Gasteiger partial charge in [-0.15, -0.1) is 0 Å². The number of phenols is 5. The van der Waals surface area contributed by atoms with E-state index < -0.39 is 16.9 Å². The van der Waals surface area contributed by atoms with Crippen LogP contribution >= 0.6 is 0 Å². The zero-order valence-corrected chi connectivity index (χ0v) is 23.1. The summed E-state index contributed by atoms with van der Waals surface area (Å²) in [4.78, 5) is 25.3. The number of fused-ring (bicyclic) bond motifs is 1. The number of carbonyl (C=O) groups is 1. The first kappa shape index (κ1) is 29.9. The van der Waals surface area contributed by atoms with Crippen LogP contribution in [0.15, 0.2) is 63.8 Å². The maximum Gasteiger partial charge on any atom is 0.243 e. The molecule has 10 nitrogen and oxygen atoms in total. The van der Waals surface area contributed by atoms with Gasteiger partial charge in [0.05, 0.1) is 6.61 Å². The zero-order chi connectivity index (χ0) is 30.2. The van der Waals surface area contributed by atoms with Gasteiger partial charge in [-0.25, -0.2) is 0 Å². The highest BCUT2D eigenvalue weighted by molar-refractivity contribution is 5.91. The Labute approximate surface area is 241 Å². The molecule has 0 spiro atoms. The lowest BCUT2D eigenvalue weighted by Gasteiger charge is -2.13. The standard InChI is InChI=1S/C32H33NO9/c1-19-7-8-20(15-24(19)36)9-12-28(39)33-13-5-3-2-4-6-14-41-32-30(40)29-26(38)17-22(34)18-27(29)42-31(32)21-10-11-23(35)25(37)16-21/h7-12,15-18,34-38H,2-6,13-14H2,1H3,(H,33,39)/b12-9+. The van der Waals surface area contributed by atoms with E-state index in [0.29, 0.717) is 13.0 Å². The summed E-state index contributed by atoms with van der Waals surface area (Å²) in [5, 5.41) is 52.2. The fourth-order valence-electron chi connectivity index (χ4n) is 4.36. The summed E-state index contributed by atoms with van der Waals surface area (Å²) < 4.78 is 11.6. The minimum absolute atomic E-state index is 0.0169. The third-order valence-corrected chi connectivity index (χ3v) is 6.68. The van der Waals surface area contributed by atoms with Gasteiger partial charge in [-0.05, 0) is 61.2 Å². The quantitative estimate of drug-likeness (QED) is 0.0730. The lowest BCUT2D eigenvalue weighted by Crippen LogP contribution is -2.21. The summed E-state index contributed by atoms with van der Waals surface area (Å²) in [6.45, 7) is 2.51. The highest BCUT2D eigenvalue weighted by atomic mass is 16.5. The second kappa shape index (κ2) is 13.5. The Hall–Kier alpha value is -5.12. The van der Waals surface area contributed by atoms with Gasteiger partial charge in [0.1, 0.15) is 28.2 Å². The zero-order valence-electron chi connectivity index (χ0n) is 23.1. The highest BCUT2D eigenvalue weighted by Gasteiger charge is 2.21. The van der Waals surface area contributed by atoms with Gasteiger partial charge in [0.15, 0.2) is 17.3 Å². The lowest BCUT2D eigenvalue weighted by molar-refractivity contribution is -0.116. The molecular formula is C32H33NO9. The first-order valence-electron chi connectivity index (χ1n) is 13.6. The first-order valence-corrected chi connectivity index (χ1v) is 13.6. The van der Waals surface area contributed by atoms with E-state index in [0.717, 1.165) is 42.9 Å². The molecule has 0 atom stereocenters. The molecule has 10 heteroatoms. The normalized spacial score (nSPS) is 11.3. The molecule has 0 aliphatic heterocycles. The Morgan fingerprint density at radius 1 is 0.857 bits per heavy atom. The van der Waals surface area contributed by atoms with Crippen molar-refractivity contribution >= 4 is 23.0 Å². The number of aryl methyl sites for hydroxylation is 1. The summed E-state index contributed by atoms with van der Waals surface area (Å²) in [6.07, 6.45) is 7.05. The Kier molecular flexibility index (Phi) is 9.59. The van der Waals surface area contributed by atoms with E-state index in [2.05, 4.69) is 5.32 Å². The van der Waals surface area contributed by atoms with Gasteiger partial charge >= 0.3 is 0 Å². The number of unbranched alkanes of at least 4 members (excludes halogenated alkanes) is 4. The van der Waals surface area contributed by atoms with Crippen molar-refractivity contribution in [3.8, 4) is 45.8 Å². The predicted molar refractivity (Wildman–Crippen MR) is 158 cm³/mol. The molecule has 6 N–H and O–H groups in total. The number of amides is 1. The molecule has 4 aromatic rings. The van der Waals surface area contributed by atoms with E-state index in [1.807, 2.05) is 6.07 Å². The van der Waals surface area contributed by atoms with Crippen molar-refractivity contribution in [3.05, 3.63) is 76.0 Å². The molecule has 0 aliphatic rings. The van der Waals surface area contributed by atoms with Crippen LogP contribution in [0, 0.1) is 6.92 Å². The topological polar surface area (TPSA) is 170 Å². The molecule has 1 aromatic heterocycles. The van der Waals surface area contributed by atoms with Crippen LogP contribution in [-0.4, -0.2) is 44.6 Å². The monoisotopic (exact) mass is 575 g/mol. The van der Waals surface area contributed by atoms with E-state index in [-0.39, 0.29) is 57.8 Å². The number of rotatable bonds is 12. The maximum absolute atomic E-state index is 13.3. The fourth-order valence-corrected chi connectivity index (χ4v) is 4.36. The molecule has 4 rings (SSSR count). The van der Waals surface area contributed by atoms with Gasteiger partial charge in [0.25, 0.3) is 0 Å². The minimum atomic E-state index is -0.639. The third-order valence-electron chi connectivity index (χ3n) is 6.68. The van der Waals surface area contributed by atoms with Crippen LogP contribution in [0.25, 0.3) is 28.4 Å². The molecular weight excluding hydrogens is 542 g/mol. The lowest BCUT2D eigenvalue weighted by atomic mass is 10.1. The van der Waals surface area contributed by atoms with Crippen molar-refractivity contribution in [2.75, 3.05) is 13.2 Å². The van der Waals surface area contributed by atoms with Crippen molar-refractivity contribution < 1.29 is 39.5 Å². The second-order valence-electron chi connectivity index (χ2n) is 9.92. The maximum atomic E-state index is 13.3. The van der Waals surface area contributed by atoms with Gasteiger partial charge in [-0.3, -0.25) is 9.59 Å². The smallest absolute Gasteiger partial charge is 0.243 e. The number of nitrogens with one attached hydrogen (secondary N) is 1. The Balaban J connectivity index is 1.28. The Morgan fingerprint density at radius 3 is 2.38 bits per heavy atom. The molecule has 0 saturated carbocycles. The van der Waals surface area contributed by atoms with Crippen LogP contribution < -0.4 is 15.5 Å². The van der Waals surface area contributed by atoms with Crippen molar-refractivity contribution in [3.63, 3.8) is 0 Å².